The number of anilines is 1. The molecule has 0 saturated heterocycles. The molecule has 1 amide bonds. The zero-order valence-electron chi connectivity index (χ0n) is 16.0. The summed E-state index contributed by atoms with van der Waals surface area (Å²) >= 11 is 7.29. The second-order valence-corrected chi connectivity index (χ2v) is 7.83. The molecule has 7 nitrogen and oxygen atoms in total. The third-order valence-electron chi connectivity index (χ3n) is 4.33. The lowest BCUT2D eigenvalue weighted by molar-refractivity contribution is -0.341. The average Bonchev–Trinajstić information content (AvgIpc) is 2.95. The Morgan fingerprint density at radius 2 is 2.16 bits per heavy atom. The summed E-state index contributed by atoms with van der Waals surface area (Å²) < 4.78 is 58.8. The first-order valence-electron chi connectivity index (χ1n) is 9.06. The second kappa shape index (κ2) is 9.44. The molecule has 166 valence electrons. The van der Waals surface area contributed by atoms with Crippen molar-refractivity contribution in [2.45, 2.75) is 50.2 Å². The molecular formula is C18H16ClF4N5O2S. The third kappa shape index (κ3) is 5.68. The van der Waals surface area contributed by atoms with E-state index in [4.69, 9.17) is 16.9 Å². The summed E-state index contributed by atoms with van der Waals surface area (Å²) in [5, 5.41) is 11.5. The van der Waals surface area contributed by atoms with Gasteiger partial charge in [0.1, 0.15) is 23.7 Å². The van der Waals surface area contributed by atoms with Crippen molar-refractivity contribution >= 4 is 35.1 Å². The molecule has 2 N–H and O–H groups in total. The van der Waals surface area contributed by atoms with Gasteiger partial charge < -0.3 is 9.88 Å². The Morgan fingerprint density at radius 1 is 1.42 bits per heavy atom. The van der Waals surface area contributed by atoms with E-state index in [0.29, 0.717) is 23.6 Å². The molecule has 3 heterocycles. The molecule has 0 aliphatic carbocycles. The molecule has 1 unspecified atom stereocenters. The standard InChI is InChI=1S/C18H16ClF4N5O2S/c1-9(30-18(21,22)23)27-31-16-12-4-2-3-5-28(12)15(14(16)19)17(29)26-10-6-11(8-24)25-13(20)7-10/h6-7,9,27H,2-5H2,1H3,(H,25,26,29). The van der Waals surface area contributed by atoms with Crippen molar-refractivity contribution in [1.29, 1.82) is 5.26 Å². The minimum Gasteiger partial charge on any atom is -0.338 e. The number of nitrogens with one attached hydrogen (secondary N) is 2. The number of hydrogen-bond acceptors (Lipinski definition) is 6. The van der Waals surface area contributed by atoms with Crippen molar-refractivity contribution in [3.63, 3.8) is 0 Å². The molecule has 0 fully saturated rings. The van der Waals surface area contributed by atoms with Gasteiger partial charge in [0, 0.05) is 24.0 Å². The largest absolute Gasteiger partial charge is 0.524 e. The van der Waals surface area contributed by atoms with E-state index in [2.05, 4.69) is 19.8 Å². The van der Waals surface area contributed by atoms with E-state index in [1.54, 1.807) is 10.6 Å². The number of aromatic nitrogens is 2. The number of amides is 1. The smallest absolute Gasteiger partial charge is 0.338 e. The van der Waals surface area contributed by atoms with Crippen LogP contribution >= 0.6 is 23.5 Å². The Balaban J connectivity index is 1.86. The minimum absolute atomic E-state index is 0.0241. The fourth-order valence-electron chi connectivity index (χ4n) is 3.18. The number of halogens is 5. The number of pyridine rings is 1. The molecule has 3 rings (SSSR count). The van der Waals surface area contributed by atoms with Gasteiger partial charge in [-0.3, -0.25) is 9.53 Å². The minimum atomic E-state index is -4.80. The van der Waals surface area contributed by atoms with Crippen molar-refractivity contribution in [2.75, 3.05) is 5.32 Å². The van der Waals surface area contributed by atoms with Crippen LogP contribution in [0.15, 0.2) is 17.0 Å². The number of carbonyl (C=O) groups is 1. The molecule has 13 heteroatoms. The van der Waals surface area contributed by atoms with E-state index in [1.807, 2.05) is 0 Å². The monoisotopic (exact) mass is 477 g/mol. The second-order valence-electron chi connectivity index (χ2n) is 6.60. The maximum Gasteiger partial charge on any atom is 0.524 e. The fraction of sp³-hybridized carbons (Fsp3) is 0.389. The van der Waals surface area contributed by atoms with Gasteiger partial charge in [-0.1, -0.05) is 11.6 Å². The number of nitrogens with zero attached hydrogens (tertiary/aromatic N) is 3. The van der Waals surface area contributed by atoms with Crippen LogP contribution in [0.1, 0.15) is 41.6 Å². The van der Waals surface area contributed by atoms with Crippen molar-refractivity contribution in [3.05, 3.63) is 40.2 Å². The van der Waals surface area contributed by atoms with Crippen molar-refractivity contribution in [1.82, 2.24) is 14.3 Å². The first kappa shape index (κ1) is 23.3. The maximum absolute atomic E-state index is 13.6. The normalized spacial score (nSPS) is 14.6. The zero-order valence-corrected chi connectivity index (χ0v) is 17.6. The summed E-state index contributed by atoms with van der Waals surface area (Å²) in [5.41, 5.74) is 0.617. The van der Waals surface area contributed by atoms with Crippen molar-refractivity contribution in [2.24, 2.45) is 0 Å². The van der Waals surface area contributed by atoms with E-state index >= 15 is 0 Å². The summed E-state index contributed by atoms with van der Waals surface area (Å²) in [5.74, 6) is -1.58. The molecule has 1 atom stereocenters. The van der Waals surface area contributed by atoms with E-state index in [0.717, 1.165) is 30.9 Å². The number of nitriles is 1. The van der Waals surface area contributed by atoms with Gasteiger partial charge in [0.05, 0.1) is 9.92 Å². The molecule has 1 aliphatic heterocycles. The Kier molecular flexibility index (Phi) is 7.10. The van der Waals surface area contributed by atoms with E-state index < -0.39 is 24.4 Å². The predicted molar refractivity (Wildman–Crippen MR) is 105 cm³/mol. The van der Waals surface area contributed by atoms with Gasteiger partial charge in [0.25, 0.3) is 5.91 Å². The van der Waals surface area contributed by atoms with Crippen LogP contribution in [-0.2, 0) is 17.7 Å². The van der Waals surface area contributed by atoms with Gasteiger partial charge >= 0.3 is 6.36 Å². The quantitative estimate of drug-likeness (QED) is 0.273. The van der Waals surface area contributed by atoms with E-state index in [1.165, 1.54) is 13.0 Å². The molecule has 0 aromatic carbocycles. The number of fused-ring (bicyclic) bond motifs is 1. The highest BCUT2D eigenvalue weighted by molar-refractivity contribution is 7.97. The number of rotatable bonds is 6. The molecule has 0 spiro atoms. The first-order chi connectivity index (χ1) is 14.6. The SMILES string of the molecule is CC(NSc1c(Cl)c(C(=O)Nc2cc(F)nc(C#N)c2)n2c1CCCC2)OC(F)(F)F. The van der Waals surface area contributed by atoms with Crippen LogP contribution in [0.25, 0.3) is 0 Å². The number of ether oxygens (including phenoxy) is 1. The lowest BCUT2D eigenvalue weighted by atomic mass is 10.1. The molecule has 0 radical (unpaired) electrons. The van der Waals surface area contributed by atoms with Crippen molar-refractivity contribution < 1.29 is 27.1 Å². The highest BCUT2D eigenvalue weighted by Gasteiger charge is 2.33. The first-order valence-corrected chi connectivity index (χ1v) is 10.3. The maximum atomic E-state index is 13.6. The zero-order chi connectivity index (χ0) is 22.8. The van der Waals surface area contributed by atoms with Crippen LogP contribution in [0, 0.1) is 17.3 Å². The summed E-state index contributed by atoms with van der Waals surface area (Å²) in [7, 11) is 0. The van der Waals surface area contributed by atoms with Crippen LogP contribution in [-0.4, -0.2) is 28.0 Å². The van der Waals surface area contributed by atoms with Crippen molar-refractivity contribution in [3.8, 4) is 6.07 Å². The van der Waals surface area contributed by atoms with Gasteiger partial charge in [-0.05, 0) is 44.2 Å². The van der Waals surface area contributed by atoms with Crippen LogP contribution in [0.4, 0.5) is 23.2 Å². The van der Waals surface area contributed by atoms with Crippen LogP contribution < -0.4 is 10.0 Å². The van der Waals surface area contributed by atoms with Gasteiger partial charge in [0.2, 0.25) is 5.95 Å². The highest BCUT2D eigenvalue weighted by Crippen LogP contribution is 2.38. The van der Waals surface area contributed by atoms with Crippen LogP contribution in [0.2, 0.25) is 5.02 Å². The molecule has 2 aromatic rings. The van der Waals surface area contributed by atoms with Gasteiger partial charge in [-0.2, -0.15) is 9.65 Å². The van der Waals surface area contributed by atoms with E-state index in [9.17, 15) is 22.4 Å². The van der Waals surface area contributed by atoms with Crippen LogP contribution in [0.5, 0.6) is 0 Å². The Bertz CT molecular complexity index is 1040. The highest BCUT2D eigenvalue weighted by atomic mass is 35.5. The van der Waals surface area contributed by atoms with Gasteiger partial charge in [0.15, 0.2) is 0 Å². The fourth-order valence-corrected chi connectivity index (χ4v) is 4.44. The summed E-state index contributed by atoms with van der Waals surface area (Å²) in [4.78, 5) is 16.7. The molecule has 1 aliphatic rings. The molecule has 2 aromatic heterocycles. The third-order valence-corrected chi connectivity index (χ3v) is 5.90. The topological polar surface area (TPSA) is 92.0 Å². The van der Waals surface area contributed by atoms with Gasteiger partial charge in [-0.15, -0.1) is 13.2 Å². The molecular weight excluding hydrogens is 462 g/mol. The molecule has 0 saturated carbocycles. The molecule has 0 bridgehead atoms. The lowest BCUT2D eigenvalue weighted by Gasteiger charge is -2.19. The average molecular weight is 478 g/mol. The Morgan fingerprint density at radius 3 is 2.84 bits per heavy atom. The van der Waals surface area contributed by atoms with Crippen LogP contribution in [0.3, 0.4) is 0 Å². The summed E-state index contributed by atoms with van der Waals surface area (Å²) in [6, 6.07) is 3.86. The predicted octanol–water partition coefficient (Wildman–Crippen LogP) is 4.61. The Labute approximate surface area is 183 Å². The summed E-state index contributed by atoms with van der Waals surface area (Å²) in [6.07, 6.45) is -3.98. The molecule has 31 heavy (non-hydrogen) atoms. The van der Waals surface area contributed by atoms with Gasteiger partial charge in [-0.25, -0.2) is 9.71 Å². The Hall–Kier alpha value is -2.33. The summed E-state index contributed by atoms with van der Waals surface area (Å²) in [6.45, 7) is 1.68. The number of alkyl halides is 3. The van der Waals surface area contributed by atoms with E-state index in [-0.39, 0.29) is 22.1 Å². The number of hydrogen-bond donors (Lipinski definition) is 2. The number of carbonyl (C=O) groups excluding carboxylic acids is 1. The lowest BCUT2D eigenvalue weighted by Crippen LogP contribution is -2.30.